The molecular weight excluding hydrogens is 371 g/mol. The van der Waals surface area contributed by atoms with Crippen LogP contribution in [0.4, 0.5) is 4.39 Å². The van der Waals surface area contributed by atoms with Crippen LogP contribution in [0.1, 0.15) is 24.0 Å². The maximum absolute atomic E-state index is 13.4. The molecule has 2 aromatic carbocycles. The van der Waals surface area contributed by atoms with Gasteiger partial charge in [-0.3, -0.25) is 9.79 Å². The lowest BCUT2D eigenvalue weighted by molar-refractivity contribution is -0.123. The first-order valence-corrected chi connectivity index (χ1v) is 9.71. The number of hydrogen-bond acceptors (Lipinski definition) is 3. The van der Waals surface area contributed by atoms with E-state index in [0.29, 0.717) is 30.8 Å². The molecule has 1 amide bonds. The van der Waals surface area contributed by atoms with Gasteiger partial charge in [0.15, 0.2) is 12.6 Å². The fourth-order valence-electron chi connectivity index (χ4n) is 2.94. The van der Waals surface area contributed by atoms with Crippen LogP contribution in [-0.2, 0) is 17.9 Å². The van der Waals surface area contributed by atoms with E-state index in [1.165, 1.54) is 12.1 Å². The molecule has 0 atom stereocenters. The Kier molecular flexibility index (Phi) is 7.05. The van der Waals surface area contributed by atoms with Crippen LogP contribution in [0.2, 0.25) is 0 Å². The van der Waals surface area contributed by atoms with Gasteiger partial charge < -0.3 is 20.3 Å². The van der Waals surface area contributed by atoms with E-state index in [9.17, 15) is 9.18 Å². The van der Waals surface area contributed by atoms with Crippen molar-refractivity contribution < 1.29 is 13.9 Å². The maximum Gasteiger partial charge on any atom is 0.258 e. The molecule has 2 N–H and O–H groups in total. The van der Waals surface area contributed by atoms with Gasteiger partial charge in [-0.05, 0) is 48.2 Å². The number of ether oxygens (including phenoxy) is 1. The van der Waals surface area contributed by atoms with Crippen LogP contribution in [0.5, 0.6) is 5.75 Å². The average molecular weight is 398 g/mol. The summed E-state index contributed by atoms with van der Waals surface area (Å²) in [5.74, 6) is 1.01. The van der Waals surface area contributed by atoms with Gasteiger partial charge in [-0.25, -0.2) is 4.39 Å². The molecule has 6 nitrogen and oxygen atoms in total. The van der Waals surface area contributed by atoms with E-state index in [4.69, 9.17) is 4.74 Å². The molecule has 0 unspecified atom stereocenters. The Morgan fingerprint density at radius 1 is 1.21 bits per heavy atom. The van der Waals surface area contributed by atoms with Crippen molar-refractivity contribution in [2.45, 2.75) is 32.0 Å². The van der Waals surface area contributed by atoms with Crippen LogP contribution in [0.25, 0.3) is 0 Å². The van der Waals surface area contributed by atoms with E-state index in [0.717, 1.165) is 24.0 Å². The summed E-state index contributed by atoms with van der Waals surface area (Å²) in [5.41, 5.74) is 1.88. The van der Waals surface area contributed by atoms with Crippen LogP contribution < -0.4 is 15.4 Å². The van der Waals surface area contributed by atoms with E-state index >= 15 is 0 Å². The van der Waals surface area contributed by atoms with Crippen molar-refractivity contribution in [3.8, 4) is 5.75 Å². The SMILES string of the molecule is CN=C(NCc1cccc(OCC(=O)NC2CC2)c1)N(C)Cc1cccc(F)c1. The summed E-state index contributed by atoms with van der Waals surface area (Å²) in [6.07, 6.45) is 2.11. The first-order chi connectivity index (χ1) is 14.0. The molecule has 0 heterocycles. The van der Waals surface area contributed by atoms with Gasteiger partial charge in [0, 0.05) is 33.2 Å². The highest BCUT2D eigenvalue weighted by Crippen LogP contribution is 2.18. The standard InChI is InChI=1S/C22H27FN4O2/c1-24-22(27(2)14-17-6-3-7-18(23)11-17)25-13-16-5-4-8-20(12-16)29-15-21(28)26-19-9-10-19/h3-8,11-12,19H,9-10,13-15H2,1-2H3,(H,24,25)(H,26,28). The normalized spacial score (nSPS) is 13.7. The number of amides is 1. The van der Waals surface area contributed by atoms with Crippen LogP contribution in [0.3, 0.4) is 0 Å². The monoisotopic (exact) mass is 398 g/mol. The van der Waals surface area contributed by atoms with Crippen molar-refractivity contribution in [1.29, 1.82) is 0 Å². The second kappa shape index (κ2) is 9.91. The lowest BCUT2D eigenvalue weighted by atomic mass is 10.2. The van der Waals surface area contributed by atoms with Crippen LogP contribution in [-0.4, -0.2) is 43.5 Å². The topological polar surface area (TPSA) is 66.0 Å². The smallest absolute Gasteiger partial charge is 0.258 e. The zero-order valence-corrected chi connectivity index (χ0v) is 16.8. The molecule has 0 spiro atoms. The molecule has 0 aromatic heterocycles. The Balaban J connectivity index is 1.50. The van der Waals surface area contributed by atoms with Gasteiger partial charge in [-0.2, -0.15) is 0 Å². The van der Waals surface area contributed by atoms with Crippen molar-refractivity contribution in [2.75, 3.05) is 20.7 Å². The second-order valence-corrected chi connectivity index (χ2v) is 7.16. The Morgan fingerprint density at radius 3 is 2.69 bits per heavy atom. The number of aliphatic imine (C=N–C) groups is 1. The summed E-state index contributed by atoms with van der Waals surface area (Å²) in [7, 11) is 3.61. The van der Waals surface area contributed by atoms with E-state index in [1.807, 2.05) is 42.3 Å². The zero-order valence-electron chi connectivity index (χ0n) is 16.8. The molecule has 0 saturated heterocycles. The van der Waals surface area contributed by atoms with Gasteiger partial charge in [0.25, 0.3) is 5.91 Å². The molecular formula is C22H27FN4O2. The summed E-state index contributed by atoms with van der Waals surface area (Å²) in [4.78, 5) is 18.0. The minimum absolute atomic E-state index is 0.0193. The highest BCUT2D eigenvalue weighted by atomic mass is 19.1. The van der Waals surface area contributed by atoms with E-state index in [1.54, 1.807) is 13.1 Å². The Bertz CT molecular complexity index is 867. The molecule has 154 valence electrons. The highest BCUT2D eigenvalue weighted by molar-refractivity contribution is 5.79. The number of nitrogens with zero attached hydrogens (tertiary/aromatic N) is 2. The van der Waals surface area contributed by atoms with Crippen molar-refractivity contribution in [1.82, 2.24) is 15.5 Å². The van der Waals surface area contributed by atoms with Crippen LogP contribution >= 0.6 is 0 Å². The predicted molar refractivity (Wildman–Crippen MR) is 111 cm³/mol. The first-order valence-electron chi connectivity index (χ1n) is 9.71. The lowest BCUT2D eigenvalue weighted by Gasteiger charge is -2.22. The molecule has 0 bridgehead atoms. The molecule has 2 aromatic rings. The second-order valence-electron chi connectivity index (χ2n) is 7.16. The summed E-state index contributed by atoms with van der Waals surface area (Å²) in [5, 5.41) is 6.20. The Labute approximate surface area is 170 Å². The van der Waals surface area contributed by atoms with E-state index in [2.05, 4.69) is 15.6 Å². The van der Waals surface area contributed by atoms with E-state index < -0.39 is 0 Å². The van der Waals surface area contributed by atoms with Gasteiger partial charge >= 0.3 is 0 Å². The van der Waals surface area contributed by atoms with Crippen LogP contribution in [0, 0.1) is 5.82 Å². The lowest BCUT2D eigenvalue weighted by Crippen LogP contribution is -2.38. The Hall–Kier alpha value is -3.09. The van der Waals surface area contributed by atoms with Crippen molar-refractivity contribution in [3.05, 3.63) is 65.5 Å². The van der Waals surface area contributed by atoms with Gasteiger partial charge in [0.05, 0.1) is 0 Å². The first kappa shape index (κ1) is 20.6. The van der Waals surface area contributed by atoms with Crippen molar-refractivity contribution in [3.63, 3.8) is 0 Å². The minimum Gasteiger partial charge on any atom is -0.484 e. The molecule has 1 aliphatic carbocycles. The van der Waals surface area contributed by atoms with E-state index in [-0.39, 0.29) is 18.3 Å². The number of halogens is 1. The number of rotatable bonds is 8. The molecule has 0 aliphatic heterocycles. The summed E-state index contributed by atoms with van der Waals surface area (Å²) >= 11 is 0. The summed E-state index contributed by atoms with van der Waals surface area (Å²) < 4.78 is 19.0. The number of benzene rings is 2. The third-order valence-corrected chi connectivity index (χ3v) is 4.54. The van der Waals surface area contributed by atoms with Crippen LogP contribution in [0.15, 0.2) is 53.5 Å². The maximum atomic E-state index is 13.4. The van der Waals surface area contributed by atoms with Gasteiger partial charge in [-0.1, -0.05) is 24.3 Å². The molecule has 0 radical (unpaired) electrons. The zero-order chi connectivity index (χ0) is 20.6. The number of carbonyl (C=O) groups is 1. The number of guanidine groups is 1. The van der Waals surface area contributed by atoms with Crippen molar-refractivity contribution in [2.24, 2.45) is 4.99 Å². The van der Waals surface area contributed by atoms with Gasteiger partial charge in [-0.15, -0.1) is 0 Å². The largest absolute Gasteiger partial charge is 0.484 e. The number of carbonyl (C=O) groups excluding carboxylic acids is 1. The predicted octanol–water partition coefficient (Wildman–Crippen LogP) is 2.69. The van der Waals surface area contributed by atoms with Gasteiger partial charge in [0.1, 0.15) is 11.6 Å². The fraction of sp³-hybridized carbons (Fsp3) is 0.364. The molecule has 1 aliphatic rings. The quantitative estimate of drug-likeness (QED) is 0.530. The molecule has 1 saturated carbocycles. The molecule has 1 fully saturated rings. The van der Waals surface area contributed by atoms with Crippen molar-refractivity contribution >= 4 is 11.9 Å². The third-order valence-electron chi connectivity index (χ3n) is 4.54. The molecule has 7 heteroatoms. The average Bonchev–Trinajstić information content (AvgIpc) is 3.51. The molecule has 29 heavy (non-hydrogen) atoms. The number of nitrogens with one attached hydrogen (secondary N) is 2. The fourth-order valence-corrected chi connectivity index (χ4v) is 2.94. The summed E-state index contributed by atoms with van der Waals surface area (Å²) in [6.45, 7) is 1.10. The molecule has 3 rings (SSSR count). The Morgan fingerprint density at radius 2 is 1.97 bits per heavy atom. The minimum atomic E-state index is -0.249. The van der Waals surface area contributed by atoms with Gasteiger partial charge in [0.2, 0.25) is 0 Å². The third kappa shape index (κ3) is 6.78. The number of hydrogen-bond donors (Lipinski definition) is 2. The highest BCUT2D eigenvalue weighted by Gasteiger charge is 2.23. The summed E-state index contributed by atoms with van der Waals surface area (Å²) in [6, 6.07) is 14.5.